The van der Waals surface area contributed by atoms with Crippen LogP contribution in [0.3, 0.4) is 0 Å². The van der Waals surface area contributed by atoms with Crippen LogP contribution in [0.2, 0.25) is 0 Å². The molecule has 0 radical (unpaired) electrons. The summed E-state index contributed by atoms with van der Waals surface area (Å²) in [6.07, 6.45) is 4.60. The average molecular weight is 382 g/mol. The molecule has 0 aromatic carbocycles. The van der Waals surface area contributed by atoms with Crippen molar-refractivity contribution >= 4 is 11.9 Å². The Balaban J connectivity index is 1.88. The summed E-state index contributed by atoms with van der Waals surface area (Å²) in [5.74, 6) is 1.52. The molecule has 156 valence electrons. The number of guanidine groups is 1. The number of rotatable bonds is 8. The van der Waals surface area contributed by atoms with E-state index in [4.69, 9.17) is 4.74 Å². The predicted molar refractivity (Wildman–Crippen MR) is 110 cm³/mol. The van der Waals surface area contributed by atoms with E-state index in [1.807, 2.05) is 4.90 Å². The van der Waals surface area contributed by atoms with E-state index in [0.29, 0.717) is 12.0 Å². The maximum Gasteiger partial charge on any atom is 0.244 e. The van der Waals surface area contributed by atoms with Gasteiger partial charge < -0.3 is 20.3 Å². The Bertz CT molecular complexity index is 457. The van der Waals surface area contributed by atoms with Crippen molar-refractivity contribution in [3.63, 3.8) is 0 Å². The zero-order chi connectivity index (χ0) is 19.5. The largest absolute Gasteiger partial charge is 0.379 e. The van der Waals surface area contributed by atoms with Gasteiger partial charge in [0, 0.05) is 45.3 Å². The van der Waals surface area contributed by atoms with E-state index in [1.165, 1.54) is 6.42 Å². The Hall–Kier alpha value is -1.34. The molecule has 2 aliphatic rings. The lowest BCUT2D eigenvalue weighted by Crippen LogP contribution is -2.51. The third-order valence-corrected chi connectivity index (χ3v) is 5.24. The molecular formula is C20H39N5O2. The van der Waals surface area contributed by atoms with Gasteiger partial charge in [-0.1, -0.05) is 13.8 Å². The highest BCUT2D eigenvalue weighted by Crippen LogP contribution is 2.13. The van der Waals surface area contributed by atoms with E-state index in [0.717, 1.165) is 77.7 Å². The van der Waals surface area contributed by atoms with Crippen molar-refractivity contribution in [1.29, 1.82) is 0 Å². The Morgan fingerprint density at radius 3 is 2.41 bits per heavy atom. The fourth-order valence-corrected chi connectivity index (χ4v) is 3.79. The molecule has 0 aromatic rings. The van der Waals surface area contributed by atoms with Crippen LogP contribution in [-0.2, 0) is 9.53 Å². The van der Waals surface area contributed by atoms with Gasteiger partial charge in [0.2, 0.25) is 5.91 Å². The molecule has 0 bridgehead atoms. The molecule has 0 saturated carbocycles. The fourth-order valence-electron chi connectivity index (χ4n) is 3.79. The number of nitrogens with zero attached hydrogens (tertiary/aromatic N) is 3. The number of likely N-dealkylation sites (tertiary alicyclic amines) is 1. The first kappa shape index (κ1) is 22.0. The SMILES string of the molecule is CCNC(=NCC(=O)N1CCCCC1)NCC(CC(C)C)N1CCOCC1. The summed E-state index contributed by atoms with van der Waals surface area (Å²) in [5, 5.41) is 6.74. The highest BCUT2D eigenvalue weighted by molar-refractivity contribution is 5.85. The molecule has 0 aliphatic carbocycles. The maximum atomic E-state index is 12.4. The lowest BCUT2D eigenvalue weighted by atomic mass is 10.0. The lowest BCUT2D eigenvalue weighted by molar-refractivity contribution is -0.130. The number of piperidine rings is 1. The minimum atomic E-state index is 0.138. The van der Waals surface area contributed by atoms with Crippen molar-refractivity contribution in [1.82, 2.24) is 20.4 Å². The number of hydrogen-bond acceptors (Lipinski definition) is 4. The second-order valence-corrected chi connectivity index (χ2v) is 7.95. The predicted octanol–water partition coefficient (Wildman–Crippen LogP) is 1.30. The minimum absolute atomic E-state index is 0.138. The summed E-state index contributed by atoms with van der Waals surface area (Å²) in [6.45, 7) is 13.8. The number of morpholine rings is 1. The zero-order valence-corrected chi connectivity index (χ0v) is 17.5. The van der Waals surface area contributed by atoms with Crippen LogP contribution in [0.15, 0.2) is 4.99 Å². The van der Waals surface area contributed by atoms with E-state index in [-0.39, 0.29) is 12.5 Å². The van der Waals surface area contributed by atoms with E-state index in [2.05, 4.69) is 41.3 Å². The van der Waals surface area contributed by atoms with Gasteiger partial charge in [-0.2, -0.15) is 0 Å². The molecule has 2 fully saturated rings. The normalized spacial score (nSPS) is 20.6. The van der Waals surface area contributed by atoms with Crippen molar-refractivity contribution in [2.45, 2.75) is 52.5 Å². The number of aliphatic imine (C=N–C) groups is 1. The molecule has 1 amide bonds. The molecule has 7 heteroatoms. The number of carbonyl (C=O) groups is 1. The Kier molecular flexibility index (Phi) is 9.91. The molecule has 7 nitrogen and oxygen atoms in total. The van der Waals surface area contributed by atoms with Crippen LogP contribution in [0.1, 0.15) is 46.5 Å². The van der Waals surface area contributed by atoms with Gasteiger partial charge in [0.25, 0.3) is 0 Å². The van der Waals surface area contributed by atoms with Gasteiger partial charge in [-0.25, -0.2) is 4.99 Å². The summed E-state index contributed by atoms with van der Waals surface area (Å²) in [6, 6.07) is 0.454. The van der Waals surface area contributed by atoms with Gasteiger partial charge in [0.05, 0.1) is 13.2 Å². The Morgan fingerprint density at radius 2 is 1.78 bits per heavy atom. The van der Waals surface area contributed by atoms with Gasteiger partial charge in [-0.05, 0) is 38.5 Å². The van der Waals surface area contributed by atoms with Crippen LogP contribution in [-0.4, -0.2) is 86.7 Å². The van der Waals surface area contributed by atoms with Gasteiger partial charge >= 0.3 is 0 Å². The quantitative estimate of drug-likeness (QED) is 0.490. The van der Waals surface area contributed by atoms with E-state index >= 15 is 0 Å². The standard InChI is InChI=1S/C20H39N5O2/c1-4-21-20(23-16-19(26)25-8-6-5-7-9-25)22-15-18(14-17(2)3)24-10-12-27-13-11-24/h17-18H,4-16H2,1-3H3,(H2,21,22,23). The molecular weight excluding hydrogens is 342 g/mol. The number of hydrogen-bond donors (Lipinski definition) is 2. The molecule has 2 N–H and O–H groups in total. The fraction of sp³-hybridized carbons (Fsp3) is 0.900. The molecule has 1 unspecified atom stereocenters. The van der Waals surface area contributed by atoms with Gasteiger partial charge in [0.15, 0.2) is 5.96 Å². The molecule has 0 aromatic heterocycles. The van der Waals surface area contributed by atoms with Crippen molar-refractivity contribution < 1.29 is 9.53 Å². The molecule has 27 heavy (non-hydrogen) atoms. The van der Waals surface area contributed by atoms with Crippen molar-refractivity contribution in [2.24, 2.45) is 10.9 Å². The first-order valence-corrected chi connectivity index (χ1v) is 10.7. The van der Waals surface area contributed by atoms with E-state index in [1.54, 1.807) is 0 Å². The topological polar surface area (TPSA) is 69.2 Å². The smallest absolute Gasteiger partial charge is 0.244 e. The maximum absolute atomic E-state index is 12.4. The van der Waals surface area contributed by atoms with Gasteiger partial charge in [0.1, 0.15) is 6.54 Å². The number of amides is 1. The van der Waals surface area contributed by atoms with Gasteiger partial charge in [-0.3, -0.25) is 9.69 Å². The second-order valence-electron chi connectivity index (χ2n) is 7.95. The van der Waals surface area contributed by atoms with Crippen molar-refractivity contribution in [3.8, 4) is 0 Å². The lowest BCUT2D eigenvalue weighted by Gasteiger charge is -2.35. The first-order valence-electron chi connectivity index (χ1n) is 10.7. The summed E-state index contributed by atoms with van der Waals surface area (Å²) >= 11 is 0. The molecule has 0 spiro atoms. The van der Waals surface area contributed by atoms with Crippen LogP contribution in [0, 0.1) is 5.92 Å². The van der Waals surface area contributed by atoms with Crippen molar-refractivity contribution in [3.05, 3.63) is 0 Å². The Morgan fingerprint density at radius 1 is 1.07 bits per heavy atom. The summed E-state index contributed by atoms with van der Waals surface area (Å²) < 4.78 is 5.50. The molecule has 2 aliphatic heterocycles. The first-order chi connectivity index (χ1) is 13.1. The number of nitrogens with one attached hydrogen (secondary N) is 2. The zero-order valence-electron chi connectivity index (χ0n) is 17.5. The molecule has 2 rings (SSSR count). The average Bonchev–Trinajstić information content (AvgIpc) is 2.69. The van der Waals surface area contributed by atoms with Crippen LogP contribution in [0.5, 0.6) is 0 Å². The molecule has 1 atom stereocenters. The summed E-state index contributed by atoms with van der Waals surface area (Å²) in [4.78, 5) is 21.4. The number of carbonyl (C=O) groups excluding carboxylic acids is 1. The number of ether oxygens (including phenoxy) is 1. The third-order valence-electron chi connectivity index (χ3n) is 5.24. The summed E-state index contributed by atoms with van der Waals surface area (Å²) in [7, 11) is 0. The highest BCUT2D eigenvalue weighted by Gasteiger charge is 2.22. The van der Waals surface area contributed by atoms with Crippen LogP contribution >= 0.6 is 0 Å². The van der Waals surface area contributed by atoms with E-state index in [9.17, 15) is 4.79 Å². The summed E-state index contributed by atoms with van der Waals surface area (Å²) in [5.41, 5.74) is 0. The van der Waals surface area contributed by atoms with Gasteiger partial charge in [-0.15, -0.1) is 0 Å². The molecule has 2 heterocycles. The third kappa shape index (κ3) is 8.05. The minimum Gasteiger partial charge on any atom is -0.379 e. The van der Waals surface area contributed by atoms with Crippen LogP contribution in [0.25, 0.3) is 0 Å². The van der Waals surface area contributed by atoms with Crippen LogP contribution < -0.4 is 10.6 Å². The highest BCUT2D eigenvalue weighted by atomic mass is 16.5. The molecule has 2 saturated heterocycles. The monoisotopic (exact) mass is 381 g/mol. The van der Waals surface area contributed by atoms with E-state index < -0.39 is 0 Å². The second kappa shape index (κ2) is 12.2. The van der Waals surface area contributed by atoms with Crippen LogP contribution in [0.4, 0.5) is 0 Å². The van der Waals surface area contributed by atoms with Crippen molar-refractivity contribution in [2.75, 3.05) is 59.0 Å². The Labute approximate surface area is 164 Å².